The van der Waals surface area contributed by atoms with Crippen LogP contribution in [0.5, 0.6) is 5.75 Å². The van der Waals surface area contributed by atoms with Gasteiger partial charge in [-0.15, -0.1) is 0 Å². The van der Waals surface area contributed by atoms with E-state index < -0.39 is 0 Å². The number of benzene rings is 1. The summed E-state index contributed by atoms with van der Waals surface area (Å²) >= 11 is 0. The second-order valence-electron chi connectivity index (χ2n) is 3.85. The predicted molar refractivity (Wildman–Crippen MR) is 68.5 cm³/mol. The number of hydrogen-bond acceptors (Lipinski definition) is 3. The quantitative estimate of drug-likeness (QED) is 0.711. The van der Waals surface area contributed by atoms with E-state index >= 15 is 0 Å². The van der Waals surface area contributed by atoms with E-state index in [0.717, 1.165) is 22.4 Å². The zero-order chi connectivity index (χ0) is 12.8. The average molecular weight is 238 g/mol. The van der Waals surface area contributed by atoms with E-state index in [9.17, 15) is 0 Å². The first-order valence-corrected chi connectivity index (χ1v) is 6.02. The SMILES string of the molecule is CCOC(OCC)c1ccc(OC)c(C)c1C. The first-order valence-electron chi connectivity index (χ1n) is 6.02. The smallest absolute Gasteiger partial charge is 0.184 e. The van der Waals surface area contributed by atoms with Crippen molar-refractivity contribution in [3.05, 3.63) is 28.8 Å². The Balaban J connectivity index is 3.07. The molecule has 0 saturated heterocycles. The molecule has 0 radical (unpaired) electrons. The van der Waals surface area contributed by atoms with Crippen LogP contribution in [0.25, 0.3) is 0 Å². The summed E-state index contributed by atoms with van der Waals surface area (Å²) in [5, 5.41) is 0. The van der Waals surface area contributed by atoms with E-state index in [4.69, 9.17) is 14.2 Å². The Hall–Kier alpha value is -1.06. The van der Waals surface area contributed by atoms with Crippen molar-refractivity contribution >= 4 is 0 Å². The summed E-state index contributed by atoms with van der Waals surface area (Å²) in [6, 6.07) is 3.97. The van der Waals surface area contributed by atoms with E-state index in [1.165, 1.54) is 0 Å². The molecule has 3 heteroatoms. The molecular weight excluding hydrogens is 216 g/mol. The first kappa shape index (κ1) is 14.0. The maximum absolute atomic E-state index is 5.61. The van der Waals surface area contributed by atoms with Gasteiger partial charge in [0.05, 0.1) is 7.11 Å². The third-order valence-corrected chi connectivity index (χ3v) is 2.89. The van der Waals surface area contributed by atoms with Crippen molar-refractivity contribution in [3.63, 3.8) is 0 Å². The summed E-state index contributed by atoms with van der Waals surface area (Å²) in [4.78, 5) is 0. The molecule has 0 aliphatic carbocycles. The van der Waals surface area contributed by atoms with Crippen molar-refractivity contribution in [2.75, 3.05) is 20.3 Å². The molecule has 0 aliphatic rings. The minimum absolute atomic E-state index is 0.283. The van der Waals surface area contributed by atoms with Gasteiger partial charge in [0.15, 0.2) is 6.29 Å². The standard InChI is InChI=1S/C14H22O3/c1-6-16-14(17-7-2)12-8-9-13(15-5)11(4)10(12)3/h8-9,14H,6-7H2,1-5H3. The summed E-state index contributed by atoms with van der Waals surface area (Å²) in [6.07, 6.45) is -0.283. The van der Waals surface area contributed by atoms with E-state index in [-0.39, 0.29) is 6.29 Å². The molecule has 0 bridgehead atoms. The number of rotatable bonds is 6. The van der Waals surface area contributed by atoms with Crippen LogP contribution in [0, 0.1) is 13.8 Å². The summed E-state index contributed by atoms with van der Waals surface area (Å²) in [6.45, 7) is 9.32. The molecule has 96 valence electrons. The second kappa shape index (κ2) is 6.62. The van der Waals surface area contributed by atoms with Crippen LogP contribution in [-0.2, 0) is 9.47 Å². The molecule has 0 aromatic heterocycles. The molecule has 0 spiro atoms. The summed E-state index contributed by atoms with van der Waals surface area (Å²) in [5.41, 5.74) is 3.37. The van der Waals surface area contributed by atoms with Gasteiger partial charge in [-0.2, -0.15) is 0 Å². The Morgan fingerprint density at radius 2 is 1.59 bits per heavy atom. The Morgan fingerprint density at radius 3 is 2.06 bits per heavy atom. The molecule has 0 fully saturated rings. The Kier molecular flexibility index (Phi) is 5.45. The molecule has 1 aromatic rings. The van der Waals surface area contributed by atoms with Crippen LogP contribution in [0.15, 0.2) is 12.1 Å². The van der Waals surface area contributed by atoms with Crippen molar-refractivity contribution in [3.8, 4) is 5.75 Å². The van der Waals surface area contributed by atoms with Gasteiger partial charge in [-0.3, -0.25) is 0 Å². The fourth-order valence-electron chi connectivity index (χ4n) is 1.82. The lowest BCUT2D eigenvalue weighted by Crippen LogP contribution is -2.11. The fourth-order valence-corrected chi connectivity index (χ4v) is 1.82. The normalized spacial score (nSPS) is 10.9. The van der Waals surface area contributed by atoms with Gasteiger partial charge in [-0.25, -0.2) is 0 Å². The van der Waals surface area contributed by atoms with Gasteiger partial charge in [-0.1, -0.05) is 0 Å². The lowest BCUT2D eigenvalue weighted by molar-refractivity contribution is -0.140. The molecule has 1 aromatic carbocycles. The molecule has 0 atom stereocenters. The van der Waals surface area contributed by atoms with Gasteiger partial charge in [0.1, 0.15) is 5.75 Å². The maximum Gasteiger partial charge on any atom is 0.184 e. The van der Waals surface area contributed by atoms with Gasteiger partial charge < -0.3 is 14.2 Å². The summed E-state index contributed by atoms with van der Waals surface area (Å²) in [5.74, 6) is 0.901. The molecule has 17 heavy (non-hydrogen) atoms. The molecule has 1 rings (SSSR count). The summed E-state index contributed by atoms with van der Waals surface area (Å²) < 4.78 is 16.5. The monoisotopic (exact) mass is 238 g/mol. The Labute approximate surface area is 104 Å². The molecular formula is C14H22O3. The highest BCUT2D eigenvalue weighted by Gasteiger charge is 2.16. The fraction of sp³-hybridized carbons (Fsp3) is 0.571. The molecule has 0 heterocycles. The highest BCUT2D eigenvalue weighted by atomic mass is 16.7. The third-order valence-electron chi connectivity index (χ3n) is 2.89. The van der Waals surface area contributed by atoms with Crippen LogP contribution in [0.2, 0.25) is 0 Å². The zero-order valence-corrected chi connectivity index (χ0v) is 11.4. The van der Waals surface area contributed by atoms with E-state index in [0.29, 0.717) is 13.2 Å². The van der Waals surface area contributed by atoms with Crippen LogP contribution < -0.4 is 4.74 Å². The highest BCUT2D eigenvalue weighted by Crippen LogP contribution is 2.29. The van der Waals surface area contributed by atoms with Gasteiger partial charge in [-0.05, 0) is 51.0 Å². The third kappa shape index (κ3) is 3.20. The minimum atomic E-state index is -0.283. The highest BCUT2D eigenvalue weighted by molar-refractivity contribution is 5.44. The van der Waals surface area contributed by atoms with Crippen molar-refractivity contribution in [1.29, 1.82) is 0 Å². The Bertz CT molecular complexity index is 355. The lowest BCUT2D eigenvalue weighted by Gasteiger charge is -2.21. The van der Waals surface area contributed by atoms with E-state index in [1.54, 1.807) is 7.11 Å². The largest absolute Gasteiger partial charge is 0.496 e. The topological polar surface area (TPSA) is 27.7 Å². The predicted octanol–water partition coefficient (Wildman–Crippen LogP) is 3.38. The van der Waals surface area contributed by atoms with Gasteiger partial charge in [0.2, 0.25) is 0 Å². The molecule has 0 N–H and O–H groups in total. The second-order valence-corrected chi connectivity index (χ2v) is 3.85. The van der Waals surface area contributed by atoms with Crippen molar-refractivity contribution < 1.29 is 14.2 Å². The molecule has 0 aliphatic heterocycles. The first-order chi connectivity index (χ1) is 8.15. The van der Waals surface area contributed by atoms with Crippen molar-refractivity contribution in [2.24, 2.45) is 0 Å². The summed E-state index contributed by atoms with van der Waals surface area (Å²) in [7, 11) is 1.68. The zero-order valence-electron chi connectivity index (χ0n) is 11.4. The van der Waals surface area contributed by atoms with E-state index in [1.807, 2.05) is 32.9 Å². The Morgan fingerprint density at radius 1 is 1.00 bits per heavy atom. The number of hydrogen-bond donors (Lipinski definition) is 0. The van der Waals surface area contributed by atoms with Gasteiger partial charge >= 0.3 is 0 Å². The average Bonchev–Trinajstić information content (AvgIpc) is 2.32. The van der Waals surface area contributed by atoms with Crippen LogP contribution in [0.3, 0.4) is 0 Å². The van der Waals surface area contributed by atoms with Gasteiger partial charge in [0, 0.05) is 18.8 Å². The van der Waals surface area contributed by atoms with Crippen LogP contribution in [-0.4, -0.2) is 20.3 Å². The van der Waals surface area contributed by atoms with Crippen molar-refractivity contribution in [1.82, 2.24) is 0 Å². The number of ether oxygens (including phenoxy) is 3. The molecule has 3 nitrogen and oxygen atoms in total. The van der Waals surface area contributed by atoms with Crippen LogP contribution in [0.4, 0.5) is 0 Å². The van der Waals surface area contributed by atoms with Crippen LogP contribution >= 0.6 is 0 Å². The van der Waals surface area contributed by atoms with Crippen LogP contribution in [0.1, 0.15) is 36.8 Å². The minimum Gasteiger partial charge on any atom is -0.496 e. The molecule has 0 saturated carbocycles. The van der Waals surface area contributed by atoms with Crippen molar-refractivity contribution in [2.45, 2.75) is 34.0 Å². The number of methoxy groups -OCH3 is 1. The van der Waals surface area contributed by atoms with E-state index in [2.05, 4.69) is 6.92 Å². The molecule has 0 amide bonds. The maximum atomic E-state index is 5.61. The molecule has 0 unspecified atom stereocenters. The van der Waals surface area contributed by atoms with Gasteiger partial charge in [0.25, 0.3) is 0 Å². The lowest BCUT2D eigenvalue weighted by atomic mass is 10.0.